The number of hydrogen-bond donors (Lipinski definition) is 2. The van der Waals surface area contributed by atoms with Gasteiger partial charge in [0.15, 0.2) is 6.61 Å². The van der Waals surface area contributed by atoms with E-state index in [9.17, 15) is 14.4 Å². The Bertz CT molecular complexity index is 445. The Kier molecular flexibility index (Phi) is 6.08. The Morgan fingerprint density at radius 2 is 1.84 bits per heavy atom. The molecule has 0 spiro atoms. The Morgan fingerprint density at radius 1 is 1.16 bits per heavy atom. The van der Waals surface area contributed by atoms with E-state index in [2.05, 4.69) is 10.6 Å². The standard InChI is InChI=1S/C13H16N2O4/c1-10(16)14-8-7-13(18)19-9-12(17)15-11-5-3-2-4-6-11/h2-6H,7-9H2,1H3,(H,14,16)(H,15,17). The Labute approximate surface area is 111 Å². The minimum Gasteiger partial charge on any atom is -0.456 e. The van der Waals surface area contributed by atoms with Gasteiger partial charge in [0.2, 0.25) is 5.91 Å². The van der Waals surface area contributed by atoms with Crippen LogP contribution in [0.5, 0.6) is 0 Å². The van der Waals surface area contributed by atoms with Gasteiger partial charge in [-0.1, -0.05) is 18.2 Å². The molecule has 2 N–H and O–H groups in total. The first-order valence-corrected chi connectivity index (χ1v) is 5.83. The van der Waals surface area contributed by atoms with E-state index in [1.54, 1.807) is 24.3 Å². The first-order chi connectivity index (χ1) is 9.08. The van der Waals surface area contributed by atoms with Crippen LogP contribution in [0.15, 0.2) is 30.3 Å². The fraction of sp³-hybridized carbons (Fsp3) is 0.308. The van der Waals surface area contributed by atoms with E-state index in [1.165, 1.54) is 6.92 Å². The number of nitrogens with one attached hydrogen (secondary N) is 2. The van der Waals surface area contributed by atoms with Crippen molar-refractivity contribution in [3.8, 4) is 0 Å². The number of ether oxygens (including phenoxy) is 1. The molecule has 0 saturated carbocycles. The highest BCUT2D eigenvalue weighted by Crippen LogP contribution is 2.04. The van der Waals surface area contributed by atoms with E-state index >= 15 is 0 Å². The van der Waals surface area contributed by atoms with Gasteiger partial charge < -0.3 is 15.4 Å². The van der Waals surface area contributed by atoms with Gasteiger partial charge in [0.1, 0.15) is 0 Å². The number of para-hydroxylation sites is 1. The molecule has 0 unspecified atom stereocenters. The molecular formula is C13H16N2O4. The molecule has 19 heavy (non-hydrogen) atoms. The number of carbonyl (C=O) groups is 3. The van der Waals surface area contributed by atoms with Gasteiger partial charge in [-0.2, -0.15) is 0 Å². The first-order valence-electron chi connectivity index (χ1n) is 5.83. The van der Waals surface area contributed by atoms with Crippen LogP contribution in [0.1, 0.15) is 13.3 Å². The zero-order valence-corrected chi connectivity index (χ0v) is 10.6. The van der Waals surface area contributed by atoms with E-state index in [1.807, 2.05) is 6.07 Å². The molecule has 0 bridgehead atoms. The van der Waals surface area contributed by atoms with Gasteiger partial charge in [0, 0.05) is 19.2 Å². The molecule has 1 rings (SSSR count). The topological polar surface area (TPSA) is 84.5 Å². The van der Waals surface area contributed by atoms with E-state index in [-0.39, 0.29) is 25.5 Å². The number of benzene rings is 1. The minimum atomic E-state index is -0.531. The van der Waals surface area contributed by atoms with Crippen molar-refractivity contribution < 1.29 is 19.1 Å². The lowest BCUT2D eigenvalue weighted by Crippen LogP contribution is -2.25. The highest BCUT2D eigenvalue weighted by molar-refractivity contribution is 5.92. The fourth-order valence-electron chi connectivity index (χ4n) is 1.28. The summed E-state index contributed by atoms with van der Waals surface area (Å²) in [5.74, 6) is -1.15. The highest BCUT2D eigenvalue weighted by atomic mass is 16.5. The van der Waals surface area contributed by atoms with Gasteiger partial charge in [0.25, 0.3) is 5.91 Å². The molecule has 1 aromatic carbocycles. The molecule has 0 saturated heterocycles. The number of hydrogen-bond acceptors (Lipinski definition) is 4. The van der Waals surface area contributed by atoms with Crippen molar-refractivity contribution in [3.05, 3.63) is 30.3 Å². The highest BCUT2D eigenvalue weighted by Gasteiger charge is 2.07. The predicted octanol–water partition coefficient (Wildman–Crippen LogP) is 0.694. The average Bonchev–Trinajstić information content (AvgIpc) is 2.37. The van der Waals surface area contributed by atoms with Gasteiger partial charge in [-0.15, -0.1) is 0 Å². The second kappa shape index (κ2) is 7.86. The summed E-state index contributed by atoms with van der Waals surface area (Å²) in [6, 6.07) is 8.87. The van der Waals surface area contributed by atoms with Crippen LogP contribution in [-0.4, -0.2) is 30.9 Å². The number of amides is 2. The van der Waals surface area contributed by atoms with E-state index in [4.69, 9.17) is 4.74 Å². The van der Waals surface area contributed by atoms with E-state index in [0.29, 0.717) is 5.69 Å². The quantitative estimate of drug-likeness (QED) is 0.740. The third-order valence-electron chi connectivity index (χ3n) is 2.12. The first kappa shape index (κ1) is 14.7. The maximum Gasteiger partial charge on any atom is 0.308 e. The summed E-state index contributed by atoms with van der Waals surface area (Å²) in [4.78, 5) is 33.2. The van der Waals surface area contributed by atoms with Crippen LogP contribution >= 0.6 is 0 Å². The van der Waals surface area contributed by atoms with Crippen LogP contribution in [-0.2, 0) is 19.1 Å². The number of carbonyl (C=O) groups excluding carboxylic acids is 3. The van der Waals surface area contributed by atoms with Crippen molar-refractivity contribution in [2.24, 2.45) is 0 Å². The Hall–Kier alpha value is -2.37. The summed E-state index contributed by atoms with van der Waals surface area (Å²) in [6.07, 6.45) is 0.0399. The molecule has 0 fully saturated rings. The van der Waals surface area contributed by atoms with Crippen LogP contribution < -0.4 is 10.6 Å². The van der Waals surface area contributed by atoms with Crippen molar-refractivity contribution in [1.82, 2.24) is 5.32 Å². The van der Waals surface area contributed by atoms with Crippen molar-refractivity contribution in [3.63, 3.8) is 0 Å². The zero-order chi connectivity index (χ0) is 14.1. The van der Waals surface area contributed by atoms with Crippen LogP contribution in [0.3, 0.4) is 0 Å². The number of esters is 1. The molecule has 102 valence electrons. The van der Waals surface area contributed by atoms with Gasteiger partial charge in [-0.25, -0.2) is 0 Å². The molecule has 0 heterocycles. The molecular weight excluding hydrogens is 248 g/mol. The monoisotopic (exact) mass is 264 g/mol. The molecule has 0 aliphatic rings. The lowest BCUT2D eigenvalue weighted by molar-refractivity contribution is -0.147. The molecule has 0 aliphatic carbocycles. The van der Waals surface area contributed by atoms with Gasteiger partial charge >= 0.3 is 5.97 Å². The number of anilines is 1. The maximum absolute atomic E-state index is 11.4. The SMILES string of the molecule is CC(=O)NCCC(=O)OCC(=O)Nc1ccccc1. The van der Waals surface area contributed by atoms with Crippen molar-refractivity contribution >= 4 is 23.5 Å². The van der Waals surface area contributed by atoms with Crippen LogP contribution in [0.4, 0.5) is 5.69 Å². The molecule has 6 nitrogen and oxygen atoms in total. The smallest absolute Gasteiger partial charge is 0.308 e. The van der Waals surface area contributed by atoms with Gasteiger partial charge in [-0.05, 0) is 12.1 Å². The molecule has 2 amide bonds. The van der Waals surface area contributed by atoms with Crippen LogP contribution in [0, 0.1) is 0 Å². The third-order valence-corrected chi connectivity index (χ3v) is 2.12. The summed E-state index contributed by atoms with van der Waals surface area (Å²) >= 11 is 0. The molecule has 1 aromatic rings. The fourth-order valence-corrected chi connectivity index (χ4v) is 1.28. The second-order valence-corrected chi connectivity index (χ2v) is 3.81. The van der Waals surface area contributed by atoms with E-state index in [0.717, 1.165) is 0 Å². The lowest BCUT2D eigenvalue weighted by atomic mass is 10.3. The molecule has 0 aromatic heterocycles. The summed E-state index contributed by atoms with van der Waals surface area (Å²) in [5.41, 5.74) is 0.641. The Morgan fingerprint density at radius 3 is 2.47 bits per heavy atom. The average molecular weight is 264 g/mol. The minimum absolute atomic E-state index is 0.0399. The molecule has 0 aliphatic heterocycles. The molecule has 0 radical (unpaired) electrons. The van der Waals surface area contributed by atoms with Crippen molar-refractivity contribution in [1.29, 1.82) is 0 Å². The van der Waals surface area contributed by atoms with E-state index < -0.39 is 11.9 Å². The summed E-state index contributed by atoms with van der Waals surface area (Å²) in [5, 5.41) is 5.05. The number of rotatable bonds is 6. The molecule has 6 heteroatoms. The maximum atomic E-state index is 11.4. The second-order valence-electron chi connectivity index (χ2n) is 3.81. The summed E-state index contributed by atoms with van der Waals surface area (Å²) in [6.45, 7) is 1.22. The predicted molar refractivity (Wildman–Crippen MR) is 69.3 cm³/mol. The van der Waals surface area contributed by atoms with Crippen molar-refractivity contribution in [2.45, 2.75) is 13.3 Å². The zero-order valence-electron chi connectivity index (χ0n) is 10.6. The lowest BCUT2D eigenvalue weighted by Gasteiger charge is -2.06. The van der Waals surface area contributed by atoms with Crippen LogP contribution in [0.25, 0.3) is 0 Å². The largest absolute Gasteiger partial charge is 0.456 e. The summed E-state index contributed by atoms with van der Waals surface area (Å²) < 4.78 is 4.76. The third kappa shape index (κ3) is 6.82. The molecule has 0 atom stereocenters. The normalized spacial score (nSPS) is 9.53. The van der Waals surface area contributed by atoms with Crippen molar-refractivity contribution in [2.75, 3.05) is 18.5 Å². The van der Waals surface area contributed by atoms with Crippen LogP contribution in [0.2, 0.25) is 0 Å². The van der Waals surface area contributed by atoms with Gasteiger partial charge in [-0.3, -0.25) is 14.4 Å². The summed E-state index contributed by atoms with van der Waals surface area (Å²) in [7, 11) is 0. The Balaban J connectivity index is 2.19. The van der Waals surface area contributed by atoms with Gasteiger partial charge in [0.05, 0.1) is 6.42 Å².